The maximum absolute atomic E-state index is 12.3. The molecule has 0 aliphatic carbocycles. The first-order valence-electron chi connectivity index (χ1n) is 3.53. The maximum atomic E-state index is 12.3. The molecule has 14 heavy (non-hydrogen) atoms. The first-order valence-corrected chi connectivity index (χ1v) is 3.91. The third-order valence-electron chi connectivity index (χ3n) is 1.59. The van der Waals surface area contributed by atoms with Gasteiger partial charge in [-0.3, -0.25) is 4.68 Å². The van der Waals surface area contributed by atoms with Crippen molar-refractivity contribution < 1.29 is 18.4 Å². The Bertz CT molecular complexity index is 336. The van der Waals surface area contributed by atoms with Gasteiger partial charge in [0.25, 0.3) is 0 Å². The predicted molar refractivity (Wildman–Crippen MR) is 41.8 cm³/mol. The summed E-state index contributed by atoms with van der Waals surface area (Å²) >= 11 is 5.55. The molecule has 0 aliphatic heterocycles. The first kappa shape index (κ1) is 11.3. The van der Waals surface area contributed by atoms with Crippen LogP contribution < -0.4 is 5.48 Å². The van der Waals surface area contributed by atoms with E-state index in [4.69, 9.17) is 16.8 Å². The molecule has 8 heteroatoms. The first-order chi connectivity index (χ1) is 6.38. The van der Waals surface area contributed by atoms with Crippen molar-refractivity contribution in [3.63, 3.8) is 0 Å². The average Bonchev–Trinajstić information content (AvgIpc) is 2.32. The van der Waals surface area contributed by atoms with Crippen LogP contribution in [0.1, 0.15) is 11.3 Å². The average molecular weight is 230 g/mol. The number of rotatable bonds is 2. The molecule has 0 radical (unpaired) electrons. The van der Waals surface area contributed by atoms with Gasteiger partial charge in [0.1, 0.15) is 5.15 Å². The molecule has 0 spiro atoms. The van der Waals surface area contributed by atoms with Gasteiger partial charge in [0.05, 0.1) is 6.54 Å². The van der Waals surface area contributed by atoms with Gasteiger partial charge in [-0.25, -0.2) is 5.48 Å². The van der Waals surface area contributed by atoms with Gasteiger partial charge in [-0.05, 0) is 0 Å². The standard InChI is InChI=1S/C6H7ClF3N3O/c1-13-5(7)3(2-11-14)4(12-13)6(8,9)10/h11,14H,2H2,1H3. The zero-order valence-corrected chi connectivity index (χ0v) is 7.82. The van der Waals surface area contributed by atoms with Crippen molar-refractivity contribution in [2.75, 3.05) is 0 Å². The molecule has 1 aromatic heterocycles. The molecular formula is C6H7ClF3N3O. The highest BCUT2D eigenvalue weighted by Crippen LogP contribution is 2.33. The van der Waals surface area contributed by atoms with Crippen molar-refractivity contribution in [3.8, 4) is 0 Å². The number of alkyl halides is 3. The van der Waals surface area contributed by atoms with Gasteiger partial charge >= 0.3 is 6.18 Å². The SMILES string of the molecule is Cn1nc(C(F)(F)F)c(CNO)c1Cl. The minimum atomic E-state index is -4.57. The molecule has 0 fully saturated rings. The summed E-state index contributed by atoms with van der Waals surface area (Å²) < 4.78 is 37.9. The Balaban J connectivity index is 3.22. The van der Waals surface area contributed by atoms with Gasteiger partial charge in [-0.15, -0.1) is 0 Å². The third-order valence-corrected chi connectivity index (χ3v) is 2.07. The molecule has 1 heterocycles. The number of hydrogen-bond acceptors (Lipinski definition) is 3. The highest BCUT2D eigenvalue weighted by Gasteiger charge is 2.38. The van der Waals surface area contributed by atoms with E-state index in [-0.39, 0.29) is 10.7 Å². The minimum absolute atomic E-state index is 0.154. The molecule has 0 saturated heterocycles. The lowest BCUT2D eigenvalue weighted by atomic mass is 10.2. The Morgan fingerprint density at radius 3 is 2.57 bits per heavy atom. The van der Waals surface area contributed by atoms with Crippen LogP contribution in [-0.2, 0) is 19.8 Å². The number of nitrogens with one attached hydrogen (secondary N) is 1. The lowest BCUT2D eigenvalue weighted by Crippen LogP contribution is -2.14. The fourth-order valence-corrected chi connectivity index (χ4v) is 1.20. The van der Waals surface area contributed by atoms with Gasteiger partial charge in [0.15, 0.2) is 5.69 Å². The summed E-state index contributed by atoms with van der Waals surface area (Å²) in [6.07, 6.45) is -4.57. The van der Waals surface area contributed by atoms with E-state index in [9.17, 15) is 13.2 Å². The Labute approximate surface area is 82.2 Å². The largest absolute Gasteiger partial charge is 0.435 e. The maximum Gasteiger partial charge on any atom is 0.435 e. The number of hydrogen-bond donors (Lipinski definition) is 2. The van der Waals surface area contributed by atoms with E-state index >= 15 is 0 Å². The van der Waals surface area contributed by atoms with Crippen LogP contribution in [0.2, 0.25) is 5.15 Å². The van der Waals surface area contributed by atoms with Crippen LogP contribution in [0.25, 0.3) is 0 Å². The zero-order chi connectivity index (χ0) is 10.9. The molecule has 0 bridgehead atoms. The second-order valence-corrected chi connectivity index (χ2v) is 2.93. The Morgan fingerprint density at radius 2 is 2.14 bits per heavy atom. The van der Waals surface area contributed by atoms with E-state index in [0.29, 0.717) is 0 Å². The van der Waals surface area contributed by atoms with E-state index in [1.54, 1.807) is 5.48 Å². The summed E-state index contributed by atoms with van der Waals surface area (Å²) in [7, 11) is 1.29. The third kappa shape index (κ3) is 1.99. The number of hydroxylamine groups is 1. The fraction of sp³-hybridized carbons (Fsp3) is 0.500. The minimum Gasteiger partial charge on any atom is -0.316 e. The quantitative estimate of drug-likeness (QED) is 0.757. The highest BCUT2D eigenvalue weighted by molar-refractivity contribution is 6.30. The normalized spacial score (nSPS) is 12.1. The molecule has 0 unspecified atom stereocenters. The molecule has 2 N–H and O–H groups in total. The Hall–Kier alpha value is -0.790. The van der Waals surface area contributed by atoms with Crippen molar-refractivity contribution >= 4 is 11.6 Å². The smallest absolute Gasteiger partial charge is 0.316 e. The Kier molecular flexibility index (Phi) is 3.03. The van der Waals surface area contributed by atoms with Gasteiger partial charge in [-0.2, -0.15) is 18.3 Å². The van der Waals surface area contributed by atoms with Gasteiger partial charge in [-0.1, -0.05) is 11.6 Å². The van der Waals surface area contributed by atoms with Crippen molar-refractivity contribution in [2.24, 2.45) is 7.05 Å². The summed E-state index contributed by atoms with van der Waals surface area (Å²) in [5.74, 6) is 0. The van der Waals surface area contributed by atoms with E-state index in [2.05, 4.69) is 5.10 Å². The van der Waals surface area contributed by atoms with E-state index in [0.717, 1.165) is 4.68 Å². The summed E-state index contributed by atoms with van der Waals surface area (Å²) in [6, 6.07) is 0. The molecule has 0 amide bonds. The van der Waals surface area contributed by atoms with Gasteiger partial charge < -0.3 is 5.21 Å². The van der Waals surface area contributed by atoms with Crippen LogP contribution in [-0.4, -0.2) is 15.0 Å². The van der Waals surface area contributed by atoms with Crippen LogP contribution in [0, 0.1) is 0 Å². The van der Waals surface area contributed by atoms with Crippen molar-refractivity contribution in [1.82, 2.24) is 15.3 Å². The summed E-state index contributed by atoms with van der Waals surface area (Å²) in [5.41, 5.74) is 0.248. The van der Waals surface area contributed by atoms with Crippen LogP contribution in [0.15, 0.2) is 0 Å². The summed E-state index contributed by atoms with van der Waals surface area (Å²) in [4.78, 5) is 0. The van der Waals surface area contributed by atoms with Crippen molar-refractivity contribution in [1.29, 1.82) is 0 Å². The number of aryl methyl sites for hydroxylation is 1. The van der Waals surface area contributed by atoms with Gasteiger partial charge in [0.2, 0.25) is 0 Å². The second kappa shape index (κ2) is 3.76. The van der Waals surface area contributed by atoms with Crippen molar-refractivity contribution in [2.45, 2.75) is 12.7 Å². The van der Waals surface area contributed by atoms with Gasteiger partial charge in [0, 0.05) is 12.6 Å². The van der Waals surface area contributed by atoms with Crippen LogP contribution in [0.3, 0.4) is 0 Å². The lowest BCUT2D eigenvalue weighted by Gasteiger charge is -2.04. The number of aromatic nitrogens is 2. The summed E-state index contributed by atoms with van der Waals surface area (Å²) in [5, 5.41) is 11.4. The molecule has 4 nitrogen and oxygen atoms in total. The van der Waals surface area contributed by atoms with Crippen molar-refractivity contribution in [3.05, 3.63) is 16.4 Å². The predicted octanol–water partition coefficient (Wildman–Crippen LogP) is 1.57. The lowest BCUT2D eigenvalue weighted by molar-refractivity contribution is -0.142. The fourth-order valence-electron chi connectivity index (χ4n) is 1.01. The zero-order valence-electron chi connectivity index (χ0n) is 7.06. The van der Waals surface area contributed by atoms with Crippen LogP contribution in [0.5, 0.6) is 0 Å². The molecule has 0 saturated carbocycles. The molecule has 0 atom stereocenters. The van der Waals surface area contributed by atoms with E-state index in [1.807, 2.05) is 0 Å². The second-order valence-electron chi connectivity index (χ2n) is 2.57. The van der Waals surface area contributed by atoms with Crippen LogP contribution >= 0.6 is 11.6 Å². The molecule has 0 aliphatic rings. The molecular weight excluding hydrogens is 223 g/mol. The summed E-state index contributed by atoms with van der Waals surface area (Å²) in [6.45, 7) is -0.401. The van der Waals surface area contributed by atoms with Crippen LogP contribution in [0.4, 0.5) is 13.2 Å². The Morgan fingerprint density at radius 1 is 1.57 bits per heavy atom. The monoisotopic (exact) mass is 229 g/mol. The van der Waals surface area contributed by atoms with E-state index in [1.165, 1.54) is 7.05 Å². The molecule has 1 aromatic rings. The number of nitrogens with zero attached hydrogens (tertiary/aromatic N) is 2. The van der Waals surface area contributed by atoms with E-state index < -0.39 is 18.4 Å². The highest BCUT2D eigenvalue weighted by atomic mass is 35.5. The molecule has 0 aromatic carbocycles. The topological polar surface area (TPSA) is 50.1 Å². The molecule has 80 valence electrons. The molecule has 1 rings (SSSR count). The number of halogens is 4.